The summed E-state index contributed by atoms with van der Waals surface area (Å²) in [6.45, 7) is 16.6. The lowest BCUT2D eigenvalue weighted by Crippen LogP contribution is -2.53. The number of nitrogens with zero attached hydrogens (tertiary/aromatic N) is 1. The Kier molecular flexibility index (Phi) is 2.17. The van der Waals surface area contributed by atoms with Crippen LogP contribution in [-0.2, 0) is 0 Å². The van der Waals surface area contributed by atoms with E-state index in [-0.39, 0.29) is 5.54 Å². The van der Waals surface area contributed by atoms with E-state index in [4.69, 9.17) is 0 Å². The molecule has 0 radical (unpaired) electrons. The molecular formula is C14H23N. The molecule has 2 aliphatic rings. The first kappa shape index (κ1) is 10.9. The Bertz CT molecular complexity index is 321. The van der Waals surface area contributed by atoms with E-state index >= 15 is 0 Å². The summed E-state index contributed by atoms with van der Waals surface area (Å²) in [5.41, 5.74) is 3.39. The molecule has 0 aromatic carbocycles. The first-order valence-electron chi connectivity index (χ1n) is 5.84. The van der Waals surface area contributed by atoms with Gasteiger partial charge in [-0.2, -0.15) is 0 Å². The fraction of sp³-hybridized carbons (Fsp3) is 0.714. The summed E-state index contributed by atoms with van der Waals surface area (Å²) in [4.78, 5) is 2.51. The van der Waals surface area contributed by atoms with Crippen molar-refractivity contribution in [2.45, 2.75) is 39.2 Å². The molecule has 0 aromatic heterocycles. The second kappa shape index (κ2) is 2.98. The minimum atomic E-state index is 0.279. The van der Waals surface area contributed by atoms with E-state index < -0.39 is 0 Å². The van der Waals surface area contributed by atoms with E-state index in [1.165, 1.54) is 11.1 Å². The van der Waals surface area contributed by atoms with E-state index in [2.05, 4.69) is 45.9 Å². The Morgan fingerprint density at radius 1 is 1.33 bits per heavy atom. The molecule has 84 valence electrons. The first-order valence-corrected chi connectivity index (χ1v) is 5.84. The minimum Gasteiger partial charge on any atom is -0.295 e. The fourth-order valence-electron chi connectivity index (χ4n) is 3.83. The molecule has 1 heterocycles. The van der Waals surface area contributed by atoms with Crippen molar-refractivity contribution in [2.75, 3.05) is 13.6 Å². The quantitative estimate of drug-likeness (QED) is 0.549. The molecule has 1 heteroatoms. The Labute approximate surface area is 93.9 Å². The standard InChI is InChI=1S/C14H23N/c1-10-7-12-11(2)9-15(6)14(12,8-10)13(3,4)5/h12H,1-2,7-9H2,3-6H3. The zero-order valence-corrected chi connectivity index (χ0v) is 10.6. The maximum absolute atomic E-state index is 4.26. The van der Waals surface area contributed by atoms with Crippen molar-refractivity contribution in [1.82, 2.24) is 4.90 Å². The second-order valence-electron chi connectivity index (χ2n) is 6.37. The highest BCUT2D eigenvalue weighted by Gasteiger charge is 2.58. The van der Waals surface area contributed by atoms with Crippen LogP contribution in [-0.4, -0.2) is 24.0 Å². The van der Waals surface area contributed by atoms with Crippen LogP contribution in [0.5, 0.6) is 0 Å². The summed E-state index contributed by atoms with van der Waals surface area (Å²) in [5, 5.41) is 0. The van der Waals surface area contributed by atoms with Gasteiger partial charge in [0.15, 0.2) is 0 Å². The Balaban J connectivity index is 2.50. The van der Waals surface area contributed by atoms with Crippen LogP contribution in [0.15, 0.2) is 24.3 Å². The van der Waals surface area contributed by atoms with Crippen molar-refractivity contribution >= 4 is 0 Å². The van der Waals surface area contributed by atoms with Crippen LogP contribution >= 0.6 is 0 Å². The fourth-order valence-corrected chi connectivity index (χ4v) is 3.83. The number of likely N-dealkylation sites (N-methyl/N-ethyl adjacent to an activating group) is 1. The SMILES string of the molecule is C=C1CC2C(=C)CN(C)C2(C(C)(C)C)C1. The number of hydrogen-bond donors (Lipinski definition) is 0. The molecule has 0 bridgehead atoms. The third kappa shape index (κ3) is 1.25. The molecule has 0 aromatic rings. The molecule has 1 aliphatic heterocycles. The van der Waals surface area contributed by atoms with E-state index in [1.807, 2.05) is 0 Å². The van der Waals surface area contributed by atoms with Gasteiger partial charge in [-0.15, -0.1) is 0 Å². The molecule has 1 saturated carbocycles. The molecular weight excluding hydrogens is 182 g/mol. The van der Waals surface area contributed by atoms with Crippen molar-refractivity contribution in [3.8, 4) is 0 Å². The number of hydrogen-bond acceptors (Lipinski definition) is 1. The molecule has 2 atom stereocenters. The predicted octanol–water partition coefficient (Wildman–Crippen LogP) is 3.24. The van der Waals surface area contributed by atoms with Gasteiger partial charge in [-0.3, -0.25) is 4.90 Å². The molecule has 0 N–H and O–H groups in total. The van der Waals surface area contributed by atoms with Crippen LogP contribution in [0.25, 0.3) is 0 Å². The lowest BCUT2D eigenvalue weighted by atomic mass is 9.67. The summed E-state index contributed by atoms with van der Waals surface area (Å²) in [5.74, 6) is 0.634. The predicted molar refractivity (Wildman–Crippen MR) is 65.8 cm³/mol. The zero-order valence-electron chi connectivity index (χ0n) is 10.6. The van der Waals surface area contributed by atoms with E-state index in [9.17, 15) is 0 Å². The molecule has 2 fully saturated rings. The van der Waals surface area contributed by atoms with Crippen molar-refractivity contribution in [2.24, 2.45) is 11.3 Å². The zero-order chi connectivity index (χ0) is 11.4. The highest BCUT2D eigenvalue weighted by atomic mass is 15.2. The Hall–Kier alpha value is -0.560. The lowest BCUT2D eigenvalue weighted by Gasteiger charge is -2.47. The van der Waals surface area contributed by atoms with Crippen LogP contribution in [0.4, 0.5) is 0 Å². The first-order chi connectivity index (χ1) is 6.79. The number of likely N-dealkylation sites (tertiary alicyclic amines) is 1. The number of rotatable bonds is 0. The smallest absolute Gasteiger partial charge is 0.0363 e. The van der Waals surface area contributed by atoms with Gasteiger partial charge in [0.25, 0.3) is 0 Å². The lowest BCUT2D eigenvalue weighted by molar-refractivity contribution is 0.0314. The topological polar surface area (TPSA) is 3.24 Å². The average Bonchev–Trinajstić information content (AvgIpc) is 2.51. The number of fused-ring (bicyclic) bond motifs is 1. The molecule has 15 heavy (non-hydrogen) atoms. The highest BCUT2D eigenvalue weighted by Crippen LogP contribution is 2.58. The molecule has 0 spiro atoms. The van der Waals surface area contributed by atoms with E-state index in [0.717, 1.165) is 19.4 Å². The van der Waals surface area contributed by atoms with Gasteiger partial charge in [-0.05, 0) is 25.3 Å². The van der Waals surface area contributed by atoms with Crippen LogP contribution < -0.4 is 0 Å². The third-order valence-corrected chi connectivity index (χ3v) is 4.50. The van der Waals surface area contributed by atoms with Gasteiger partial charge in [0, 0.05) is 18.0 Å². The van der Waals surface area contributed by atoms with Crippen molar-refractivity contribution in [3.63, 3.8) is 0 Å². The molecule has 1 aliphatic carbocycles. The normalized spacial score (nSPS) is 37.5. The van der Waals surface area contributed by atoms with Gasteiger partial charge in [0.05, 0.1) is 0 Å². The summed E-state index contributed by atoms with van der Waals surface area (Å²) < 4.78 is 0. The van der Waals surface area contributed by atoms with Crippen LogP contribution in [0.1, 0.15) is 33.6 Å². The van der Waals surface area contributed by atoms with E-state index in [0.29, 0.717) is 11.3 Å². The average molecular weight is 205 g/mol. The Morgan fingerprint density at radius 3 is 2.40 bits per heavy atom. The third-order valence-electron chi connectivity index (χ3n) is 4.50. The minimum absolute atomic E-state index is 0.279. The Morgan fingerprint density at radius 2 is 1.93 bits per heavy atom. The molecule has 2 rings (SSSR count). The van der Waals surface area contributed by atoms with Crippen LogP contribution in [0.2, 0.25) is 0 Å². The molecule has 1 nitrogen and oxygen atoms in total. The largest absolute Gasteiger partial charge is 0.295 e. The van der Waals surface area contributed by atoms with Gasteiger partial charge in [0.1, 0.15) is 0 Å². The van der Waals surface area contributed by atoms with Crippen molar-refractivity contribution in [1.29, 1.82) is 0 Å². The van der Waals surface area contributed by atoms with E-state index in [1.54, 1.807) is 0 Å². The maximum atomic E-state index is 4.26. The van der Waals surface area contributed by atoms with Gasteiger partial charge < -0.3 is 0 Å². The second-order valence-corrected chi connectivity index (χ2v) is 6.37. The van der Waals surface area contributed by atoms with Gasteiger partial charge in [-0.1, -0.05) is 45.1 Å². The summed E-state index contributed by atoms with van der Waals surface area (Å²) >= 11 is 0. The van der Waals surface area contributed by atoms with Crippen LogP contribution in [0, 0.1) is 11.3 Å². The molecule has 0 amide bonds. The van der Waals surface area contributed by atoms with Crippen molar-refractivity contribution < 1.29 is 0 Å². The molecule has 1 saturated heterocycles. The van der Waals surface area contributed by atoms with Gasteiger partial charge >= 0.3 is 0 Å². The highest BCUT2D eigenvalue weighted by molar-refractivity contribution is 5.33. The monoisotopic (exact) mass is 205 g/mol. The summed E-state index contributed by atoms with van der Waals surface area (Å²) in [7, 11) is 2.25. The molecule has 2 unspecified atom stereocenters. The summed E-state index contributed by atoms with van der Waals surface area (Å²) in [6.07, 6.45) is 2.30. The van der Waals surface area contributed by atoms with Crippen LogP contribution in [0.3, 0.4) is 0 Å². The summed E-state index contributed by atoms with van der Waals surface area (Å²) in [6, 6.07) is 0. The van der Waals surface area contributed by atoms with Gasteiger partial charge in [0.2, 0.25) is 0 Å². The van der Waals surface area contributed by atoms with Crippen molar-refractivity contribution in [3.05, 3.63) is 24.3 Å². The van der Waals surface area contributed by atoms with Gasteiger partial charge in [-0.25, -0.2) is 0 Å². The maximum Gasteiger partial charge on any atom is 0.0363 e.